The molecule has 10 heteroatoms. The molecule has 5 rings (SSSR count). The van der Waals surface area contributed by atoms with E-state index in [-0.39, 0.29) is 18.4 Å². The minimum atomic E-state index is -3.50. The van der Waals surface area contributed by atoms with Crippen LogP contribution < -0.4 is 4.90 Å². The van der Waals surface area contributed by atoms with Crippen LogP contribution in [-0.4, -0.2) is 85.3 Å². The van der Waals surface area contributed by atoms with Crippen LogP contribution >= 0.6 is 0 Å². The maximum absolute atomic E-state index is 13.2. The number of aryl methyl sites for hydroxylation is 1. The molecule has 2 saturated heterocycles. The van der Waals surface area contributed by atoms with Crippen molar-refractivity contribution in [2.75, 3.05) is 51.8 Å². The molecule has 4 heterocycles. The quantitative estimate of drug-likeness (QED) is 0.633. The summed E-state index contributed by atoms with van der Waals surface area (Å²) in [7, 11) is 0.370. The maximum Gasteiger partial charge on any atom is 0.257 e. The summed E-state index contributed by atoms with van der Waals surface area (Å²) in [5.74, 6) is 1.05. The van der Waals surface area contributed by atoms with Gasteiger partial charge in [-0.2, -0.15) is 9.40 Å². The minimum Gasteiger partial charge on any atom is -0.396 e. The van der Waals surface area contributed by atoms with E-state index in [9.17, 15) is 18.3 Å². The molecule has 1 aromatic heterocycles. The van der Waals surface area contributed by atoms with E-state index in [4.69, 9.17) is 0 Å². The van der Waals surface area contributed by atoms with Crippen LogP contribution in [-0.2, 0) is 23.0 Å². The van der Waals surface area contributed by atoms with E-state index in [1.807, 2.05) is 40.7 Å². The largest absolute Gasteiger partial charge is 0.396 e. The fourth-order valence-corrected chi connectivity index (χ4v) is 7.50. The van der Waals surface area contributed by atoms with Gasteiger partial charge in [-0.05, 0) is 68.2 Å². The Bertz CT molecular complexity index is 1190. The Labute approximate surface area is 213 Å². The van der Waals surface area contributed by atoms with E-state index < -0.39 is 10.0 Å². The Morgan fingerprint density at radius 3 is 2.36 bits per heavy atom. The lowest BCUT2D eigenvalue weighted by Gasteiger charge is -2.37. The van der Waals surface area contributed by atoms with Gasteiger partial charge in [-0.1, -0.05) is 0 Å². The van der Waals surface area contributed by atoms with Gasteiger partial charge in [0, 0.05) is 65.0 Å². The number of sulfonamides is 1. The Balaban J connectivity index is 1.22. The van der Waals surface area contributed by atoms with Gasteiger partial charge in [0.05, 0.1) is 22.3 Å². The van der Waals surface area contributed by atoms with Crippen LogP contribution in [0, 0.1) is 17.8 Å². The minimum absolute atomic E-state index is 0.0223. The Hall–Kier alpha value is -2.43. The van der Waals surface area contributed by atoms with E-state index in [0.29, 0.717) is 48.5 Å². The van der Waals surface area contributed by atoms with Gasteiger partial charge in [-0.25, -0.2) is 8.42 Å². The molecule has 9 nitrogen and oxygen atoms in total. The second kappa shape index (κ2) is 10.1. The predicted octanol–water partition coefficient (Wildman–Crippen LogP) is 2.07. The number of amides is 1. The molecule has 2 fully saturated rings. The van der Waals surface area contributed by atoms with Gasteiger partial charge in [0.1, 0.15) is 0 Å². The lowest BCUT2D eigenvalue weighted by atomic mass is 9.78. The number of likely N-dealkylation sites (tertiary alicyclic amines) is 1. The van der Waals surface area contributed by atoms with Crippen molar-refractivity contribution in [3.05, 3.63) is 41.7 Å². The molecule has 1 N–H and O–H groups in total. The number of nitrogens with zero attached hydrogens (tertiary/aromatic N) is 5. The van der Waals surface area contributed by atoms with Crippen molar-refractivity contribution in [1.29, 1.82) is 0 Å². The summed E-state index contributed by atoms with van der Waals surface area (Å²) in [6.45, 7) is 3.26. The molecular weight excluding hydrogens is 478 g/mol. The standard InChI is InChI=1S/C26H37N5O4S/c1-28(2)22-3-5-23(6-4-22)36(34,35)30-12-8-20(9-13-30)21-10-14-31-25(15-21)24(16-27-31)26(33)29-11-7-19(17-29)18-32/h3-6,16,19-21,32H,7-15,17-18H2,1-2H3. The molecule has 0 bridgehead atoms. The maximum atomic E-state index is 13.2. The van der Waals surface area contributed by atoms with Gasteiger partial charge >= 0.3 is 0 Å². The number of rotatable bonds is 6. The third-order valence-corrected chi connectivity index (χ3v) is 10.2. The Kier molecular flexibility index (Phi) is 7.11. The van der Waals surface area contributed by atoms with Crippen molar-refractivity contribution in [3.63, 3.8) is 0 Å². The molecule has 0 aliphatic carbocycles. The van der Waals surface area contributed by atoms with Gasteiger partial charge in [0.25, 0.3) is 5.91 Å². The summed E-state index contributed by atoms with van der Waals surface area (Å²) in [4.78, 5) is 17.3. The molecule has 36 heavy (non-hydrogen) atoms. The van der Waals surface area contributed by atoms with Crippen LogP contribution in [0.5, 0.6) is 0 Å². The molecule has 2 aromatic rings. The number of aromatic nitrogens is 2. The zero-order chi connectivity index (χ0) is 25.4. The predicted molar refractivity (Wildman–Crippen MR) is 137 cm³/mol. The first kappa shape index (κ1) is 25.2. The molecule has 3 aliphatic heterocycles. The van der Waals surface area contributed by atoms with Crippen LogP contribution in [0.3, 0.4) is 0 Å². The zero-order valence-electron chi connectivity index (χ0n) is 21.2. The molecule has 0 saturated carbocycles. The molecular formula is C26H37N5O4S. The summed E-state index contributed by atoms with van der Waals surface area (Å²) in [5.41, 5.74) is 2.68. The van der Waals surface area contributed by atoms with Crippen molar-refractivity contribution in [2.24, 2.45) is 17.8 Å². The van der Waals surface area contributed by atoms with Gasteiger partial charge in [0.2, 0.25) is 10.0 Å². The summed E-state index contributed by atoms with van der Waals surface area (Å²) in [5, 5.41) is 13.9. The molecule has 2 unspecified atom stereocenters. The van der Waals surface area contributed by atoms with Gasteiger partial charge < -0.3 is 14.9 Å². The monoisotopic (exact) mass is 515 g/mol. The first-order chi connectivity index (χ1) is 17.3. The van der Waals surface area contributed by atoms with Crippen LogP contribution in [0.1, 0.15) is 41.7 Å². The van der Waals surface area contributed by atoms with Crippen molar-refractivity contribution in [3.8, 4) is 0 Å². The van der Waals surface area contributed by atoms with E-state index in [0.717, 1.165) is 50.0 Å². The van der Waals surface area contributed by atoms with Crippen LogP contribution in [0.25, 0.3) is 0 Å². The lowest BCUT2D eigenvalue weighted by Crippen LogP contribution is -2.41. The molecule has 196 valence electrons. The normalized spacial score (nSPS) is 23.6. The summed E-state index contributed by atoms with van der Waals surface area (Å²) in [6, 6.07) is 7.08. The lowest BCUT2D eigenvalue weighted by molar-refractivity contribution is 0.0778. The van der Waals surface area contributed by atoms with Crippen molar-refractivity contribution in [1.82, 2.24) is 19.0 Å². The van der Waals surface area contributed by atoms with E-state index in [1.54, 1.807) is 22.6 Å². The molecule has 2 atom stereocenters. The Morgan fingerprint density at radius 1 is 1.03 bits per heavy atom. The highest BCUT2D eigenvalue weighted by molar-refractivity contribution is 7.89. The average molecular weight is 516 g/mol. The van der Waals surface area contributed by atoms with Gasteiger partial charge in [0.15, 0.2) is 0 Å². The smallest absolute Gasteiger partial charge is 0.257 e. The third-order valence-electron chi connectivity index (χ3n) is 8.33. The summed E-state index contributed by atoms with van der Waals surface area (Å²) >= 11 is 0. The number of hydrogen-bond acceptors (Lipinski definition) is 6. The second-order valence-electron chi connectivity index (χ2n) is 10.7. The number of anilines is 1. The fourth-order valence-electron chi connectivity index (χ4n) is 6.03. The van der Waals surface area contributed by atoms with Crippen molar-refractivity contribution < 1.29 is 18.3 Å². The number of aliphatic hydroxyl groups is 1. The van der Waals surface area contributed by atoms with E-state index in [2.05, 4.69) is 5.10 Å². The first-order valence-electron chi connectivity index (χ1n) is 13.0. The van der Waals surface area contributed by atoms with Gasteiger partial charge in [-0.15, -0.1) is 0 Å². The van der Waals surface area contributed by atoms with Crippen molar-refractivity contribution >= 4 is 21.6 Å². The number of hydrogen-bond donors (Lipinski definition) is 1. The molecule has 0 radical (unpaired) electrons. The van der Waals surface area contributed by atoms with E-state index >= 15 is 0 Å². The molecule has 1 aromatic carbocycles. The number of benzene rings is 1. The van der Waals surface area contributed by atoms with E-state index in [1.165, 1.54) is 0 Å². The highest BCUT2D eigenvalue weighted by atomic mass is 32.2. The Morgan fingerprint density at radius 2 is 1.72 bits per heavy atom. The first-order valence-corrected chi connectivity index (χ1v) is 14.4. The molecule has 1 amide bonds. The van der Waals surface area contributed by atoms with Crippen LogP contribution in [0.15, 0.2) is 35.4 Å². The summed E-state index contributed by atoms with van der Waals surface area (Å²) in [6.07, 6.45) is 6.03. The number of piperidine rings is 1. The van der Waals surface area contributed by atoms with Gasteiger partial charge in [-0.3, -0.25) is 9.48 Å². The summed E-state index contributed by atoms with van der Waals surface area (Å²) < 4.78 is 30.0. The van der Waals surface area contributed by atoms with Crippen molar-refractivity contribution in [2.45, 2.75) is 43.5 Å². The fraction of sp³-hybridized carbons (Fsp3) is 0.615. The number of carbonyl (C=O) groups is 1. The number of aliphatic hydroxyl groups excluding tert-OH is 1. The second-order valence-corrected chi connectivity index (χ2v) is 12.6. The number of carbonyl (C=O) groups excluding carboxylic acids is 1. The third kappa shape index (κ3) is 4.78. The highest BCUT2D eigenvalue weighted by Gasteiger charge is 2.36. The zero-order valence-corrected chi connectivity index (χ0v) is 22.0. The SMILES string of the molecule is CN(C)c1ccc(S(=O)(=O)N2CCC(C3CCn4ncc(C(=O)N5CCC(CO)C5)c4C3)CC2)cc1. The number of fused-ring (bicyclic) bond motifs is 1. The van der Waals surface area contributed by atoms with Crippen LogP contribution in [0.2, 0.25) is 0 Å². The highest BCUT2D eigenvalue weighted by Crippen LogP contribution is 2.36. The van der Waals surface area contributed by atoms with Crippen LogP contribution in [0.4, 0.5) is 5.69 Å². The average Bonchev–Trinajstić information content (AvgIpc) is 3.55. The molecule has 3 aliphatic rings. The molecule has 0 spiro atoms. The topological polar surface area (TPSA) is 99.0 Å².